The molecule has 0 saturated carbocycles. The molecule has 0 bridgehead atoms. The summed E-state index contributed by atoms with van der Waals surface area (Å²) in [5.41, 5.74) is 1.64. The third-order valence-corrected chi connectivity index (χ3v) is 2.33. The number of anilines is 2. The Morgan fingerprint density at radius 1 is 1.11 bits per heavy atom. The van der Waals surface area contributed by atoms with Gasteiger partial charge in [-0.1, -0.05) is 6.07 Å². The third kappa shape index (κ3) is 2.94. The van der Waals surface area contributed by atoms with E-state index in [9.17, 15) is 0 Å². The first kappa shape index (κ1) is 12.3. The molecule has 0 fully saturated rings. The Morgan fingerprint density at radius 2 is 1.94 bits per heavy atom. The highest BCUT2D eigenvalue weighted by molar-refractivity contribution is 5.60. The number of nitrogens with zero attached hydrogens (tertiary/aromatic N) is 3. The van der Waals surface area contributed by atoms with Crippen molar-refractivity contribution in [3.8, 4) is 11.4 Å². The van der Waals surface area contributed by atoms with Gasteiger partial charge in [-0.25, -0.2) is 4.98 Å². The van der Waals surface area contributed by atoms with Crippen LogP contribution >= 0.6 is 0 Å². The molecule has 0 amide bonds. The smallest absolute Gasteiger partial charge is 0.225 e. The van der Waals surface area contributed by atoms with E-state index in [0.29, 0.717) is 5.95 Å². The van der Waals surface area contributed by atoms with Crippen molar-refractivity contribution in [2.24, 2.45) is 0 Å². The van der Waals surface area contributed by atoms with Crippen LogP contribution in [0.2, 0.25) is 0 Å². The number of hydrogen-bond donors (Lipinski definition) is 2. The first-order valence-electron chi connectivity index (χ1n) is 5.94. The summed E-state index contributed by atoms with van der Waals surface area (Å²) < 4.78 is 0. The van der Waals surface area contributed by atoms with Gasteiger partial charge in [0.15, 0.2) is 0 Å². The van der Waals surface area contributed by atoms with E-state index in [2.05, 4.69) is 39.4 Å². The molecule has 5 heteroatoms. The highest BCUT2D eigenvalue weighted by atomic mass is 15.1. The van der Waals surface area contributed by atoms with E-state index in [-0.39, 0.29) is 6.04 Å². The van der Waals surface area contributed by atoms with E-state index in [1.54, 1.807) is 6.20 Å². The minimum Gasteiger partial charge on any atom is -0.373 e. The van der Waals surface area contributed by atoms with Crippen LogP contribution in [0.15, 0.2) is 30.5 Å². The Balaban J connectivity index is 2.41. The highest BCUT2D eigenvalue weighted by Gasteiger charge is 2.07. The fourth-order valence-electron chi connectivity index (χ4n) is 1.54. The van der Waals surface area contributed by atoms with Gasteiger partial charge >= 0.3 is 0 Å². The summed E-state index contributed by atoms with van der Waals surface area (Å²) in [4.78, 5) is 13.1. The Kier molecular flexibility index (Phi) is 3.72. The Bertz CT molecular complexity index is 510. The van der Waals surface area contributed by atoms with Crippen LogP contribution in [-0.2, 0) is 0 Å². The normalized spacial score (nSPS) is 10.4. The molecule has 0 radical (unpaired) electrons. The zero-order chi connectivity index (χ0) is 13.0. The maximum atomic E-state index is 4.47. The minimum atomic E-state index is 0.286. The average Bonchev–Trinajstić information content (AvgIpc) is 2.38. The molecule has 0 aliphatic heterocycles. The predicted octanol–water partition coefficient (Wildman–Crippen LogP) is 2.40. The zero-order valence-electron chi connectivity index (χ0n) is 10.8. The van der Waals surface area contributed by atoms with Crippen molar-refractivity contribution >= 4 is 11.8 Å². The van der Waals surface area contributed by atoms with Crippen molar-refractivity contribution in [2.75, 3.05) is 17.7 Å². The van der Waals surface area contributed by atoms with Gasteiger partial charge in [-0.15, -0.1) is 0 Å². The zero-order valence-corrected chi connectivity index (χ0v) is 10.8. The molecule has 0 atom stereocenters. The molecule has 2 heterocycles. The number of nitrogens with one attached hydrogen (secondary N) is 2. The largest absolute Gasteiger partial charge is 0.373 e. The Labute approximate surface area is 107 Å². The Hall–Kier alpha value is -2.17. The van der Waals surface area contributed by atoms with Crippen LogP contribution < -0.4 is 10.6 Å². The van der Waals surface area contributed by atoms with Gasteiger partial charge < -0.3 is 10.6 Å². The predicted molar refractivity (Wildman–Crippen MR) is 73.6 cm³/mol. The first-order valence-corrected chi connectivity index (χ1v) is 5.94. The summed E-state index contributed by atoms with van der Waals surface area (Å²) in [6.45, 7) is 4.10. The molecular formula is C13H17N5. The second-order valence-electron chi connectivity index (χ2n) is 4.23. The van der Waals surface area contributed by atoms with Crippen molar-refractivity contribution in [3.63, 3.8) is 0 Å². The molecular weight excluding hydrogens is 226 g/mol. The van der Waals surface area contributed by atoms with E-state index in [0.717, 1.165) is 17.2 Å². The van der Waals surface area contributed by atoms with E-state index in [1.165, 1.54) is 0 Å². The molecule has 0 unspecified atom stereocenters. The van der Waals surface area contributed by atoms with E-state index < -0.39 is 0 Å². The van der Waals surface area contributed by atoms with Gasteiger partial charge in [-0.05, 0) is 26.0 Å². The lowest BCUT2D eigenvalue weighted by molar-refractivity contribution is 0.875. The average molecular weight is 243 g/mol. The molecule has 5 nitrogen and oxygen atoms in total. The monoisotopic (exact) mass is 243 g/mol. The van der Waals surface area contributed by atoms with Gasteiger partial charge in [0.05, 0.1) is 11.4 Å². The number of hydrogen-bond acceptors (Lipinski definition) is 5. The fourth-order valence-corrected chi connectivity index (χ4v) is 1.54. The maximum absolute atomic E-state index is 4.47. The molecule has 0 aromatic carbocycles. The van der Waals surface area contributed by atoms with E-state index >= 15 is 0 Å². The van der Waals surface area contributed by atoms with Gasteiger partial charge in [0.2, 0.25) is 5.95 Å². The summed E-state index contributed by atoms with van der Waals surface area (Å²) in [6, 6.07) is 7.93. The highest BCUT2D eigenvalue weighted by Crippen LogP contribution is 2.19. The van der Waals surface area contributed by atoms with E-state index in [1.807, 2.05) is 31.3 Å². The molecule has 2 rings (SSSR count). The number of pyridine rings is 1. The van der Waals surface area contributed by atoms with Crippen LogP contribution in [0.5, 0.6) is 0 Å². The first-order chi connectivity index (χ1) is 8.69. The SMILES string of the molecule is CNc1cc(-c2ccccn2)nc(NC(C)C)n1. The number of aromatic nitrogens is 3. The van der Waals surface area contributed by atoms with Crippen LogP contribution in [0.3, 0.4) is 0 Å². The second-order valence-corrected chi connectivity index (χ2v) is 4.23. The van der Waals surface area contributed by atoms with E-state index in [4.69, 9.17) is 0 Å². The quantitative estimate of drug-likeness (QED) is 0.863. The lowest BCUT2D eigenvalue weighted by Gasteiger charge is -2.11. The third-order valence-electron chi connectivity index (χ3n) is 2.33. The molecule has 0 aliphatic carbocycles. The summed E-state index contributed by atoms with van der Waals surface area (Å²) in [5, 5.41) is 6.23. The minimum absolute atomic E-state index is 0.286. The van der Waals surface area contributed by atoms with Gasteiger partial charge in [0.1, 0.15) is 5.82 Å². The van der Waals surface area contributed by atoms with Crippen molar-refractivity contribution in [2.45, 2.75) is 19.9 Å². The number of rotatable bonds is 4. The van der Waals surface area contributed by atoms with Crippen molar-refractivity contribution in [1.29, 1.82) is 0 Å². The standard InChI is InChI=1S/C13H17N5/c1-9(2)16-13-17-11(8-12(14-3)18-13)10-6-4-5-7-15-10/h4-9H,1-3H3,(H2,14,16,17,18). The molecule has 0 saturated heterocycles. The molecule has 18 heavy (non-hydrogen) atoms. The summed E-state index contributed by atoms with van der Waals surface area (Å²) >= 11 is 0. The molecule has 0 spiro atoms. The topological polar surface area (TPSA) is 62.7 Å². The lowest BCUT2D eigenvalue weighted by atomic mass is 10.2. The van der Waals surface area contributed by atoms with Crippen LogP contribution in [0, 0.1) is 0 Å². The van der Waals surface area contributed by atoms with Crippen LogP contribution in [-0.4, -0.2) is 28.0 Å². The Morgan fingerprint density at radius 3 is 2.56 bits per heavy atom. The molecule has 0 aliphatic rings. The van der Waals surface area contributed by atoms with Crippen LogP contribution in [0.1, 0.15) is 13.8 Å². The van der Waals surface area contributed by atoms with Gasteiger partial charge in [0, 0.05) is 25.4 Å². The summed E-state index contributed by atoms with van der Waals surface area (Å²) in [5.74, 6) is 1.38. The lowest BCUT2D eigenvalue weighted by Crippen LogP contribution is -2.13. The maximum Gasteiger partial charge on any atom is 0.225 e. The molecule has 2 N–H and O–H groups in total. The van der Waals surface area contributed by atoms with Gasteiger partial charge in [0.25, 0.3) is 0 Å². The molecule has 94 valence electrons. The van der Waals surface area contributed by atoms with Gasteiger partial charge in [-0.2, -0.15) is 4.98 Å². The van der Waals surface area contributed by atoms with Crippen molar-refractivity contribution in [1.82, 2.24) is 15.0 Å². The second kappa shape index (κ2) is 5.44. The van der Waals surface area contributed by atoms with Gasteiger partial charge in [-0.3, -0.25) is 4.98 Å². The fraction of sp³-hybridized carbons (Fsp3) is 0.308. The molecule has 2 aromatic rings. The van der Waals surface area contributed by atoms with Crippen molar-refractivity contribution < 1.29 is 0 Å². The van der Waals surface area contributed by atoms with Crippen LogP contribution in [0.25, 0.3) is 11.4 Å². The summed E-state index contributed by atoms with van der Waals surface area (Å²) in [7, 11) is 1.84. The molecule has 2 aromatic heterocycles. The van der Waals surface area contributed by atoms with Crippen LogP contribution in [0.4, 0.5) is 11.8 Å². The summed E-state index contributed by atoms with van der Waals surface area (Å²) in [6.07, 6.45) is 1.76. The van der Waals surface area contributed by atoms with Crippen molar-refractivity contribution in [3.05, 3.63) is 30.5 Å².